The molecule has 0 amide bonds. The zero-order valence-corrected chi connectivity index (χ0v) is 6.99. The van der Waals surface area contributed by atoms with E-state index in [1.54, 1.807) is 5.30 Å². The maximum Gasteiger partial charge on any atom is -0.0167 e. The molecule has 0 radical (unpaired) electrons. The second-order valence-electron chi connectivity index (χ2n) is 2.14. The third-order valence-electron chi connectivity index (χ3n) is 1.63. The van der Waals surface area contributed by atoms with Crippen molar-refractivity contribution >= 4 is 7.53 Å². The van der Waals surface area contributed by atoms with Crippen molar-refractivity contribution in [3.05, 3.63) is 23.2 Å². The highest BCUT2D eigenvalue weighted by atomic mass is 31.1. The van der Waals surface area contributed by atoms with Crippen LogP contribution in [-0.2, 0) is 12.6 Å². The van der Waals surface area contributed by atoms with E-state index in [-0.39, 0.29) is 7.53 Å². The van der Waals surface area contributed by atoms with Crippen molar-refractivity contribution in [2.75, 3.05) is 0 Å². The van der Waals surface area contributed by atoms with Gasteiger partial charge in [0.25, 0.3) is 0 Å². The molecule has 0 aromatic carbocycles. The molecule has 1 unspecified atom stereocenters. The van der Waals surface area contributed by atoms with Gasteiger partial charge >= 0.3 is 0 Å². The Morgan fingerprint density at radius 3 is 2.67 bits per heavy atom. The molecule has 0 aliphatic heterocycles. The van der Waals surface area contributed by atoms with Crippen molar-refractivity contribution in [3.63, 3.8) is 0 Å². The van der Waals surface area contributed by atoms with Gasteiger partial charge in [-0.3, -0.25) is 0 Å². The maximum atomic E-state index is 2.36. The predicted octanol–water partition coefficient (Wildman–Crippen LogP) is 3.26. The molecule has 1 rings (SSSR count). The molecule has 1 heteroatoms. The molecule has 0 nitrogen and oxygen atoms in total. The molecule has 0 aliphatic carbocycles. The summed E-state index contributed by atoms with van der Waals surface area (Å²) >= 11 is 0. The van der Waals surface area contributed by atoms with E-state index in [0.29, 0.717) is 0 Å². The van der Waals surface area contributed by atoms with Crippen LogP contribution in [0.3, 0.4) is 0 Å². The van der Waals surface area contributed by atoms with Gasteiger partial charge in [-0.1, -0.05) is 26.0 Å². The van der Waals surface area contributed by atoms with E-state index in [1.165, 1.54) is 12.6 Å². The van der Waals surface area contributed by atoms with Gasteiger partial charge in [-0.25, -0.2) is 0 Å². The molecule has 0 N–H and O–H groups in total. The van der Waals surface area contributed by atoms with Crippen molar-refractivity contribution in [1.82, 2.24) is 0 Å². The Morgan fingerprint density at radius 2 is 2.22 bits per heavy atom. The van der Waals surface area contributed by atoms with Gasteiger partial charge in [0.1, 0.15) is 0 Å². The lowest BCUT2D eigenvalue weighted by Gasteiger charge is -1.95. The topological polar surface area (TPSA) is 0 Å². The minimum absolute atomic E-state index is 0.174. The quantitative estimate of drug-likeness (QED) is 0.591. The Balaban J connectivity index is 2.85. The Labute approximate surface area is 58.0 Å². The van der Waals surface area contributed by atoms with Crippen LogP contribution in [0.4, 0.5) is 0 Å². The number of hydrogen-bond acceptors (Lipinski definition) is 0. The molecule has 1 heterocycles. The highest BCUT2D eigenvalue weighted by Gasteiger charge is 1.94. The molecule has 9 heavy (non-hydrogen) atoms. The fourth-order valence-corrected chi connectivity index (χ4v) is 2.86. The van der Waals surface area contributed by atoms with Crippen molar-refractivity contribution in [2.24, 2.45) is 0 Å². The first-order chi connectivity index (χ1) is 4.38. The van der Waals surface area contributed by atoms with Crippen LogP contribution in [0.5, 0.6) is 0 Å². The number of hydrogen-bond donors (Lipinski definition) is 0. The fourth-order valence-electron chi connectivity index (χ4n) is 1.08. The summed E-state index contributed by atoms with van der Waals surface area (Å²) in [6.07, 6.45) is 2.57. The number of aryl methyl sites for hydroxylation is 2. The maximum absolute atomic E-state index is 2.36. The third-order valence-corrected chi connectivity index (χ3v) is 4.04. The normalized spacial score (nSPS) is 12.0. The third kappa shape index (κ3) is 1.37. The van der Waals surface area contributed by atoms with Gasteiger partial charge in [0.2, 0.25) is 0 Å². The van der Waals surface area contributed by atoms with Gasteiger partial charge in [0.15, 0.2) is 0 Å². The summed E-state index contributed by atoms with van der Waals surface area (Å²) in [5.41, 5.74) is 0. The standard InChI is InChI=1S/C8H13P/c1-3-8-6-5-7-9(8)4-2/h5-7H,3-4H2,1-2H3. The minimum atomic E-state index is 0.174. The Hall–Kier alpha value is -0.220. The summed E-state index contributed by atoms with van der Waals surface area (Å²) in [4.78, 5) is 0. The molecule has 50 valence electrons. The average molecular weight is 140 g/mol. The molecule has 1 aromatic rings. The zero-order valence-electron chi connectivity index (χ0n) is 6.09. The van der Waals surface area contributed by atoms with Gasteiger partial charge in [-0.2, -0.15) is 0 Å². The molecule has 0 bridgehead atoms. The molecular weight excluding hydrogens is 127 g/mol. The summed E-state index contributed by atoms with van der Waals surface area (Å²) in [5, 5.41) is 1.66. The largest absolute Gasteiger partial charge is 0.122 e. The van der Waals surface area contributed by atoms with Crippen LogP contribution in [0.2, 0.25) is 0 Å². The van der Waals surface area contributed by atoms with Crippen molar-refractivity contribution in [3.8, 4) is 0 Å². The monoisotopic (exact) mass is 140 g/mol. The van der Waals surface area contributed by atoms with Gasteiger partial charge in [0, 0.05) is 0 Å². The first-order valence-electron chi connectivity index (χ1n) is 3.52. The van der Waals surface area contributed by atoms with Crippen LogP contribution in [0.1, 0.15) is 19.1 Å². The van der Waals surface area contributed by atoms with Crippen molar-refractivity contribution < 1.29 is 0 Å². The minimum Gasteiger partial charge on any atom is -0.122 e. The van der Waals surface area contributed by atoms with Gasteiger partial charge in [-0.05, 0) is 23.7 Å². The first-order valence-corrected chi connectivity index (χ1v) is 5.12. The summed E-state index contributed by atoms with van der Waals surface area (Å²) in [6, 6.07) is 4.48. The number of rotatable bonds is 2. The Bertz CT molecular complexity index is 158. The molecule has 0 saturated carbocycles. The highest BCUT2D eigenvalue weighted by Crippen LogP contribution is 2.34. The van der Waals surface area contributed by atoms with Crippen LogP contribution >= 0.6 is 7.53 Å². The van der Waals surface area contributed by atoms with Crippen molar-refractivity contribution in [1.29, 1.82) is 0 Å². The SMILES string of the molecule is CCc1cccp1CC. The predicted molar refractivity (Wildman–Crippen MR) is 44.2 cm³/mol. The van der Waals surface area contributed by atoms with Gasteiger partial charge in [-0.15, -0.1) is 7.53 Å². The van der Waals surface area contributed by atoms with E-state index in [0.717, 1.165) is 0 Å². The van der Waals surface area contributed by atoms with Crippen molar-refractivity contribution in [2.45, 2.75) is 26.4 Å². The Kier molecular flexibility index (Phi) is 2.36. The highest BCUT2D eigenvalue weighted by molar-refractivity contribution is 7.49. The first kappa shape index (κ1) is 6.89. The van der Waals surface area contributed by atoms with Crippen LogP contribution in [-0.4, -0.2) is 0 Å². The molecule has 0 spiro atoms. The van der Waals surface area contributed by atoms with E-state index in [4.69, 9.17) is 0 Å². The van der Waals surface area contributed by atoms with E-state index < -0.39 is 0 Å². The van der Waals surface area contributed by atoms with Crippen LogP contribution < -0.4 is 0 Å². The Morgan fingerprint density at radius 1 is 1.44 bits per heavy atom. The molecule has 0 saturated heterocycles. The second-order valence-corrected chi connectivity index (χ2v) is 4.58. The van der Waals surface area contributed by atoms with Crippen LogP contribution in [0, 0.1) is 0 Å². The molecule has 0 aliphatic rings. The summed E-state index contributed by atoms with van der Waals surface area (Å²) in [6.45, 7) is 4.51. The summed E-state index contributed by atoms with van der Waals surface area (Å²) < 4.78 is 0. The van der Waals surface area contributed by atoms with Crippen LogP contribution in [0.15, 0.2) is 17.9 Å². The zero-order chi connectivity index (χ0) is 6.69. The van der Waals surface area contributed by atoms with Crippen LogP contribution in [0.25, 0.3) is 0 Å². The van der Waals surface area contributed by atoms with E-state index >= 15 is 0 Å². The van der Waals surface area contributed by atoms with E-state index in [1.807, 2.05) is 0 Å². The summed E-state index contributed by atoms with van der Waals surface area (Å²) in [7, 11) is 0.174. The van der Waals surface area contributed by atoms with E-state index in [9.17, 15) is 0 Å². The average Bonchev–Trinajstić information content (AvgIpc) is 2.33. The second kappa shape index (κ2) is 3.08. The lowest BCUT2D eigenvalue weighted by atomic mass is 10.4. The van der Waals surface area contributed by atoms with E-state index in [2.05, 4.69) is 31.8 Å². The lowest BCUT2D eigenvalue weighted by Crippen LogP contribution is -1.69. The molecule has 1 atom stereocenters. The smallest absolute Gasteiger partial charge is 0.0167 e. The molecule has 0 fully saturated rings. The summed E-state index contributed by atoms with van der Waals surface area (Å²) in [5.74, 6) is 2.36. The van der Waals surface area contributed by atoms with Gasteiger partial charge in [0.05, 0.1) is 0 Å². The van der Waals surface area contributed by atoms with Gasteiger partial charge < -0.3 is 0 Å². The molecule has 1 aromatic heterocycles. The fraction of sp³-hybridized carbons (Fsp3) is 0.500. The molecular formula is C8H13P. The lowest BCUT2D eigenvalue weighted by molar-refractivity contribution is 1.18.